The Kier molecular flexibility index (Phi) is 8.85. The molecule has 0 aliphatic heterocycles. The van der Waals surface area contributed by atoms with Crippen LogP contribution >= 0.6 is 23.2 Å². The van der Waals surface area contributed by atoms with Gasteiger partial charge in [0.2, 0.25) is 0 Å². The van der Waals surface area contributed by atoms with Gasteiger partial charge in [-0.25, -0.2) is 0 Å². The summed E-state index contributed by atoms with van der Waals surface area (Å²) in [4.78, 5) is 11.7. The first-order valence-electron chi connectivity index (χ1n) is 8.35. The molecule has 220 valence electrons. The number of hydrogen-bond acceptors (Lipinski definition) is 3. The van der Waals surface area contributed by atoms with Crippen molar-refractivity contribution in [2.24, 2.45) is 0 Å². The van der Waals surface area contributed by atoms with Crippen molar-refractivity contribution >= 4 is 34.8 Å². The van der Waals surface area contributed by atoms with Crippen molar-refractivity contribution < 1.29 is 88.9 Å². The minimum Gasteiger partial charge on any atom is -0.319 e. The van der Waals surface area contributed by atoms with E-state index in [1.165, 1.54) is 4.74 Å². The van der Waals surface area contributed by atoms with Crippen LogP contribution < -0.4 is 5.32 Å². The van der Waals surface area contributed by atoms with E-state index in [2.05, 4.69) is 0 Å². The van der Waals surface area contributed by atoms with E-state index in [4.69, 9.17) is 23.2 Å². The van der Waals surface area contributed by atoms with Crippen LogP contribution in [-0.2, 0) is 14.3 Å². The Labute approximate surface area is 206 Å². The lowest BCUT2D eigenvalue weighted by molar-refractivity contribution is -0.548. The van der Waals surface area contributed by atoms with E-state index < -0.39 is 70.0 Å². The number of anilines is 1. The maximum atomic E-state index is 14.5. The quantitative estimate of drug-likeness (QED) is 0.295. The smallest absolute Gasteiger partial charge is 0.319 e. The summed E-state index contributed by atoms with van der Waals surface area (Å²) in [6.07, 6.45) is -38.8. The average Bonchev–Trinajstić information content (AvgIpc) is 2.67. The molecule has 0 aliphatic rings. The van der Waals surface area contributed by atoms with Crippen LogP contribution in [0.25, 0.3) is 0 Å². The van der Waals surface area contributed by atoms with Crippen LogP contribution in [0.3, 0.4) is 0 Å². The first-order valence-corrected chi connectivity index (χ1v) is 9.11. The van der Waals surface area contributed by atoms with Gasteiger partial charge in [-0.2, -0.15) is 74.6 Å². The molecule has 0 radical (unpaired) electrons. The van der Waals surface area contributed by atoms with Gasteiger partial charge in [-0.1, -0.05) is 23.2 Å². The molecule has 1 aromatic carbocycles. The van der Waals surface area contributed by atoms with Gasteiger partial charge < -0.3 is 5.32 Å². The summed E-state index contributed by atoms with van der Waals surface area (Å²) < 4.78 is 226. The van der Waals surface area contributed by atoms with Crippen LogP contribution in [0.4, 0.5) is 80.3 Å². The van der Waals surface area contributed by atoms with Crippen LogP contribution in [0.5, 0.6) is 0 Å². The molecule has 1 aromatic rings. The lowest BCUT2D eigenvalue weighted by atomic mass is 10.2. The number of halogens is 19. The second-order valence-electron chi connectivity index (χ2n) is 6.57. The summed E-state index contributed by atoms with van der Waals surface area (Å²) in [5, 5.41) is -0.642. The van der Waals surface area contributed by atoms with Crippen LogP contribution in [-0.4, -0.2) is 54.3 Å². The third-order valence-electron chi connectivity index (χ3n) is 3.83. The summed E-state index contributed by atoms with van der Waals surface area (Å²) in [5.74, 6) is -26.5. The molecule has 0 fully saturated rings. The van der Waals surface area contributed by atoms with Crippen molar-refractivity contribution in [3.05, 3.63) is 28.2 Å². The van der Waals surface area contributed by atoms with E-state index in [9.17, 15) is 79.4 Å². The molecule has 0 saturated heterocycles. The van der Waals surface area contributed by atoms with Gasteiger partial charge in [0.25, 0.3) is 5.91 Å². The fourth-order valence-corrected chi connectivity index (χ4v) is 2.30. The summed E-state index contributed by atoms with van der Waals surface area (Å²) in [7, 11) is 0. The highest BCUT2D eigenvalue weighted by molar-refractivity contribution is 6.35. The summed E-state index contributed by atoms with van der Waals surface area (Å²) >= 11 is 10.8. The fourth-order valence-electron chi connectivity index (χ4n) is 1.96. The first-order chi connectivity index (χ1) is 16.5. The van der Waals surface area contributed by atoms with Gasteiger partial charge in [-0.05, 0) is 18.2 Å². The summed E-state index contributed by atoms with van der Waals surface area (Å²) in [6, 6.07) is 1.91. The molecule has 2 atom stereocenters. The Balaban J connectivity index is 3.67. The molecule has 0 aliphatic carbocycles. The lowest BCUT2D eigenvalue weighted by Gasteiger charge is -2.40. The van der Waals surface area contributed by atoms with Gasteiger partial charge >= 0.3 is 48.4 Å². The molecule has 0 spiro atoms. The molecule has 2 unspecified atom stereocenters. The topological polar surface area (TPSA) is 47.6 Å². The maximum absolute atomic E-state index is 14.5. The lowest BCUT2D eigenvalue weighted by Crippen LogP contribution is -2.68. The van der Waals surface area contributed by atoms with Gasteiger partial charge in [0.1, 0.15) is 0 Å². The Morgan fingerprint density at radius 2 is 1.13 bits per heavy atom. The fraction of sp³-hybridized carbons (Fsp3) is 0.533. The van der Waals surface area contributed by atoms with Gasteiger partial charge in [0.05, 0.1) is 10.7 Å². The zero-order chi connectivity index (χ0) is 30.6. The highest BCUT2D eigenvalue weighted by Crippen LogP contribution is 2.56. The monoisotopic (exact) mass is 639 g/mol. The number of amides is 1. The van der Waals surface area contributed by atoms with Crippen molar-refractivity contribution in [3.8, 4) is 0 Å². The van der Waals surface area contributed by atoms with Crippen molar-refractivity contribution in [3.63, 3.8) is 0 Å². The average molecular weight is 640 g/mol. The number of alkyl halides is 17. The van der Waals surface area contributed by atoms with E-state index in [0.29, 0.717) is 12.1 Å². The first kappa shape index (κ1) is 34.0. The van der Waals surface area contributed by atoms with Gasteiger partial charge in [0, 0.05) is 5.02 Å². The third-order valence-corrected chi connectivity index (χ3v) is 4.40. The number of hydrogen-bond donors (Lipinski definition) is 1. The highest BCUT2D eigenvalue weighted by atomic mass is 35.5. The largest absolute Gasteiger partial charge is 0.462 e. The Bertz CT molecular complexity index is 1040. The summed E-state index contributed by atoms with van der Waals surface area (Å²) in [5.41, 5.74) is -1.20. The molecule has 0 aromatic heterocycles. The highest BCUT2D eigenvalue weighted by Gasteiger charge is 2.85. The molecule has 38 heavy (non-hydrogen) atoms. The molecule has 0 bridgehead atoms. The molecular formula is C15H4Cl2F17NO3. The Hall–Kier alpha value is -2.00. The minimum atomic E-state index is -8.10. The molecule has 1 rings (SSSR count). The van der Waals surface area contributed by atoms with Crippen molar-refractivity contribution in [1.82, 2.24) is 0 Å². The third kappa shape index (κ3) is 6.09. The van der Waals surface area contributed by atoms with E-state index in [-0.39, 0.29) is 0 Å². The van der Waals surface area contributed by atoms with Crippen molar-refractivity contribution in [2.45, 2.75) is 48.4 Å². The van der Waals surface area contributed by atoms with Crippen LogP contribution in [0.2, 0.25) is 10.0 Å². The van der Waals surface area contributed by atoms with Crippen molar-refractivity contribution in [1.29, 1.82) is 0 Å². The number of benzene rings is 1. The van der Waals surface area contributed by atoms with E-state index in [1.807, 2.05) is 4.74 Å². The normalized spacial score (nSPS) is 17.6. The molecule has 23 heteroatoms. The zero-order valence-electron chi connectivity index (χ0n) is 16.6. The number of carbonyl (C=O) groups excluding carboxylic acids is 1. The number of nitrogens with one attached hydrogen (secondary N) is 1. The van der Waals surface area contributed by atoms with Crippen molar-refractivity contribution in [2.75, 3.05) is 5.32 Å². The predicted molar refractivity (Wildman–Crippen MR) is 87.9 cm³/mol. The molecule has 4 nitrogen and oxygen atoms in total. The predicted octanol–water partition coefficient (Wildman–Crippen LogP) is 7.80. The molecular weight excluding hydrogens is 636 g/mol. The molecule has 1 N–H and O–H groups in total. The zero-order valence-corrected chi connectivity index (χ0v) is 18.1. The van der Waals surface area contributed by atoms with Crippen LogP contribution in [0, 0.1) is 0 Å². The maximum Gasteiger partial charge on any atom is 0.462 e. The van der Waals surface area contributed by atoms with E-state index in [1.54, 1.807) is 0 Å². The second kappa shape index (κ2) is 9.88. The number of rotatable bonds is 8. The number of ether oxygens (including phenoxy) is 2. The van der Waals surface area contributed by atoms with Crippen LogP contribution in [0.15, 0.2) is 18.2 Å². The van der Waals surface area contributed by atoms with Gasteiger partial charge in [0.15, 0.2) is 0 Å². The standard InChI is InChI=1S/C15H4Cl2F17NO3/c16-4-1-2-5(17)6(3-4)35-7(36)8(18,11(22,23)24)37-15(33,34)10(21,13(28,29)30)38-14(31,32)9(19,20)12(25,26)27/h1-3H,(H,35,36). The van der Waals surface area contributed by atoms with Crippen LogP contribution in [0.1, 0.15) is 0 Å². The molecule has 0 heterocycles. The van der Waals surface area contributed by atoms with Gasteiger partial charge in [-0.3, -0.25) is 14.3 Å². The summed E-state index contributed by atoms with van der Waals surface area (Å²) in [6.45, 7) is 0. The number of carbonyl (C=O) groups is 1. The second-order valence-corrected chi connectivity index (χ2v) is 7.42. The Morgan fingerprint density at radius 3 is 1.53 bits per heavy atom. The van der Waals surface area contributed by atoms with Gasteiger partial charge in [-0.15, -0.1) is 0 Å². The van der Waals surface area contributed by atoms with E-state index >= 15 is 0 Å². The molecule has 0 saturated carbocycles. The molecule has 1 amide bonds. The SMILES string of the molecule is O=C(Nc1cc(Cl)ccc1Cl)C(F)(OC(F)(F)C(F)(OC(F)(F)C(F)(F)C(F)(F)F)C(F)(F)F)C(F)(F)F. The Morgan fingerprint density at radius 1 is 0.658 bits per heavy atom. The van der Waals surface area contributed by atoms with E-state index in [0.717, 1.165) is 11.4 Å². The minimum absolute atomic E-state index is 0.384.